The number of hydrogen-bond donors (Lipinski definition) is 2. The lowest BCUT2D eigenvalue weighted by atomic mass is 9.79. The fraction of sp³-hybridized carbons (Fsp3) is 0.308. The summed E-state index contributed by atoms with van der Waals surface area (Å²) >= 11 is 0. The predicted octanol–water partition coefficient (Wildman–Crippen LogP) is -0.117. The van der Waals surface area contributed by atoms with Gasteiger partial charge in [0, 0.05) is 17.5 Å². The smallest absolute Gasteiger partial charge is 0.332 e. The van der Waals surface area contributed by atoms with Crippen LogP contribution >= 0.6 is 0 Å². The van der Waals surface area contributed by atoms with Crippen LogP contribution in [0.4, 0.5) is 4.79 Å². The quantitative estimate of drug-likeness (QED) is 0.740. The molecule has 1 aromatic carbocycles. The van der Waals surface area contributed by atoms with E-state index < -0.39 is 17.4 Å². The van der Waals surface area contributed by atoms with Gasteiger partial charge in [0.25, 0.3) is 0 Å². The Hall–Kier alpha value is -2.37. The third kappa shape index (κ3) is 2.57. The Kier molecular flexibility index (Phi) is 3.50. The van der Waals surface area contributed by atoms with E-state index in [0.29, 0.717) is 24.1 Å². The Morgan fingerprint density at radius 2 is 2.00 bits per heavy atom. The van der Waals surface area contributed by atoms with E-state index in [4.69, 9.17) is 5.73 Å². The van der Waals surface area contributed by atoms with Gasteiger partial charge in [-0.15, -0.1) is 0 Å². The molecule has 19 heavy (non-hydrogen) atoms. The van der Waals surface area contributed by atoms with E-state index in [1.54, 1.807) is 24.3 Å². The normalized spacial score (nSPS) is 24.3. The minimum absolute atomic E-state index is 0.222. The molecule has 100 valence electrons. The van der Waals surface area contributed by atoms with E-state index in [1.165, 1.54) is 0 Å². The molecule has 1 atom stereocenters. The number of carbonyl (C=O) groups excluding carboxylic acids is 2. The molecule has 2 amide bonds. The monoisotopic (exact) mass is 260 g/mol. The summed E-state index contributed by atoms with van der Waals surface area (Å²) in [5.41, 5.74) is 7.28. The van der Waals surface area contributed by atoms with Gasteiger partial charge >= 0.3 is 6.03 Å². The predicted molar refractivity (Wildman–Crippen MR) is 67.1 cm³/mol. The molecule has 0 unspecified atom stereocenters. The number of benzene rings is 1. The maximum atomic E-state index is 11.5. The van der Waals surface area contributed by atoms with Crippen LogP contribution in [0, 0.1) is 0 Å². The molecule has 0 aromatic heterocycles. The van der Waals surface area contributed by atoms with Crippen molar-refractivity contribution in [1.82, 2.24) is 5.43 Å². The number of hydrogen-bond acceptors (Lipinski definition) is 4. The van der Waals surface area contributed by atoms with Crippen molar-refractivity contribution >= 4 is 17.7 Å². The summed E-state index contributed by atoms with van der Waals surface area (Å²) in [7, 11) is 0. The van der Waals surface area contributed by atoms with Gasteiger partial charge in [-0.25, -0.2) is 10.2 Å². The van der Waals surface area contributed by atoms with E-state index in [1.807, 2.05) is 6.07 Å². The zero-order valence-electron chi connectivity index (χ0n) is 10.3. The molecule has 2 rings (SSSR count). The molecule has 0 bridgehead atoms. The van der Waals surface area contributed by atoms with Gasteiger partial charge in [-0.3, -0.25) is 0 Å². The molecule has 0 heterocycles. The molecule has 6 nitrogen and oxygen atoms in total. The first-order chi connectivity index (χ1) is 9.04. The second-order valence-electron chi connectivity index (χ2n) is 4.57. The van der Waals surface area contributed by atoms with E-state index in [0.717, 1.165) is 0 Å². The average molecular weight is 260 g/mol. The number of carboxylic acids is 1. The van der Waals surface area contributed by atoms with Crippen molar-refractivity contribution in [2.24, 2.45) is 10.8 Å². The highest BCUT2D eigenvalue weighted by atomic mass is 16.4. The molecule has 1 fully saturated rings. The molecule has 1 aliphatic rings. The lowest BCUT2D eigenvalue weighted by Gasteiger charge is -2.30. The molecular weight excluding hydrogens is 246 g/mol. The highest BCUT2D eigenvalue weighted by Crippen LogP contribution is 2.39. The number of urea groups is 1. The number of carbonyl (C=O) groups is 2. The average Bonchev–Trinajstić information content (AvgIpc) is 2.83. The molecular formula is C13H14N3O3-. The van der Waals surface area contributed by atoms with Gasteiger partial charge < -0.3 is 15.6 Å². The molecule has 1 aromatic rings. The van der Waals surface area contributed by atoms with Crippen LogP contribution in [0.2, 0.25) is 0 Å². The number of aliphatic carboxylic acids is 1. The Morgan fingerprint density at radius 3 is 2.58 bits per heavy atom. The lowest BCUT2D eigenvalue weighted by Crippen LogP contribution is -2.44. The van der Waals surface area contributed by atoms with Gasteiger partial charge in [-0.05, 0) is 18.4 Å². The first-order valence-electron chi connectivity index (χ1n) is 5.92. The van der Waals surface area contributed by atoms with Gasteiger partial charge in [-0.1, -0.05) is 30.3 Å². The van der Waals surface area contributed by atoms with Crippen molar-refractivity contribution in [1.29, 1.82) is 0 Å². The number of carboxylic acid groups (broad SMARTS) is 1. The van der Waals surface area contributed by atoms with Crippen molar-refractivity contribution < 1.29 is 14.7 Å². The second-order valence-corrected chi connectivity index (χ2v) is 4.57. The topological polar surface area (TPSA) is 108 Å². The largest absolute Gasteiger partial charge is 0.549 e. The van der Waals surface area contributed by atoms with Crippen molar-refractivity contribution in [3.05, 3.63) is 35.9 Å². The third-order valence-corrected chi connectivity index (χ3v) is 3.39. The number of nitrogens with zero attached hydrogens (tertiary/aromatic N) is 1. The fourth-order valence-corrected chi connectivity index (χ4v) is 2.41. The minimum Gasteiger partial charge on any atom is -0.549 e. The molecule has 6 heteroatoms. The van der Waals surface area contributed by atoms with Gasteiger partial charge in [0.2, 0.25) is 0 Å². The molecule has 0 spiro atoms. The minimum atomic E-state index is -1.12. The number of primary amides is 1. The first-order valence-corrected chi connectivity index (χ1v) is 5.92. The van der Waals surface area contributed by atoms with Crippen LogP contribution in [0.5, 0.6) is 0 Å². The summed E-state index contributed by atoms with van der Waals surface area (Å²) in [5, 5.41) is 15.4. The van der Waals surface area contributed by atoms with Crippen molar-refractivity contribution in [2.75, 3.05) is 0 Å². The Bertz CT molecular complexity index is 527. The number of amides is 2. The molecule has 1 aliphatic carbocycles. The fourth-order valence-electron chi connectivity index (χ4n) is 2.41. The van der Waals surface area contributed by atoms with Gasteiger partial charge in [0.1, 0.15) is 0 Å². The van der Waals surface area contributed by atoms with E-state index in [2.05, 4.69) is 10.5 Å². The molecule has 0 radical (unpaired) electrons. The Balaban J connectivity index is 2.28. The van der Waals surface area contributed by atoms with Gasteiger partial charge in [-0.2, -0.15) is 5.10 Å². The summed E-state index contributed by atoms with van der Waals surface area (Å²) in [6.07, 6.45) is 1.11. The summed E-state index contributed by atoms with van der Waals surface area (Å²) in [5.74, 6) is -1.12. The standard InChI is InChI=1S/C13H15N3O3/c14-12(19)16-15-10-6-7-13(8-10,11(17)18)9-4-2-1-3-5-9/h1-5H,6-8H2,(H,17,18)(H3,14,16,19)/p-1/b15-10+/t13-/m1/s1. The van der Waals surface area contributed by atoms with Gasteiger partial charge in [0.15, 0.2) is 0 Å². The summed E-state index contributed by atoms with van der Waals surface area (Å²) in [6, 6.07) is 8.16. The van der Waals surface area contributed by atoms with Crippen LogP contribution in [-0.4, -0.2) is 17.7 Å². The van der Waals surface area contributed by atoms with Crippen molar-refractivity contribution in [3.8, 4) is 0 Å². The van der Waals surface area contributed by atoms with Gasteiger partial charge in [0.05, 0.1) is 5.97 Å². The third-order valence-electron chi connectivity index (χ3n) is 3.39. The van der Waals surface area contributed by atoms with Crippen LogP contribution in [0.3, 0.4) is 0 Å². The molecule has 1 saturated carbocycles. The maximum absolute atomic E-state index is 11.5. The first kappa shape index (κ1) is 13.1. The van der Waals surface area contributed by atoms with E-state index in [9.17, 15) is 14.7 Å². The zero-order valence-corrected chi connectivity index (χ0v) is 10.3. The van der Waals surface area contributed by atoms with Crippen LogP contribution < -0.4 is 16.3 Å². The summed E-state index contributed by atoms with van der Waals surface area (Å²) < 4.78 is 0. The van der Waals surface area contributed by atoms with Crippen LogP contribution in [0.25, 0.3) is 0 Å². The summed E-state index contributed by atoms with van der Waals surface area (Å²) in [6.45, 7) is 0. The number of nitrogens with one attached hydrogen (secondary N) is 1. The lowest BCUT2D eigenvalue weighted by molar-refractivity contribution is -0.313. The highest BCUT2D eigenvalue weighted by Gasteiger charge is 2.40. The van der Waals surface area contributed by atoms with E-state index in [-0.39, 0.29) is 6.42 Å². The van der Waals surface area contributed by atoms with Crippen LogP contribution in [-0.2, 0) is 10.2 Å². The van der Waals surface area contributed by atoms with Crippen molar-refractivity contribution in [3.63, 3.8) is 0 Å². The SMILES string of the molecule is NC(=O)N/N=C1\CC[C@](C(=O)[O-])(c2ccccc2)C1. The van der Waals surface area contributed by atoms with E-state index >= 15 is 0 Å². The molecule has 3 N–H and O–H groups in total. The maximum Gasteiger partial charge on any atom is 0.332 e. The number of hydrazone groups is 1. The molecule has 0 saturated heterocycles. The van der Waals surface area contributed by atoms with Crippen LogP contribution in [0.15, 0.2) is 35.4 Å². The summed E-state index contributed by atoms with van der Waals surface area (Å²) in [4.78, 5) is 22.1. The second kappa shape index (κ2) is 5.09. The van der Waals surface area contributed by atoms with Crippen LogP contribution in [0.1, 0.15) is 24.8 Å². The van der Waals surface area contributed by atoms with Crippen molar-refractivity contribution in [2.45, 2.75) is 24.7 Å². The molecule has 0 aliphatic heterocycles. The highest BCUT2D eigenvalue weighted by molar-refractivity contribution is 5.96. The number of rotatable bonds is 3. The zero-order chi connectivity index (χ0) is 13.9. The number of nitrogens with two attached hydrogens (primary N) is 1. The Labute approximate surface area is 110 Å². The Morgan fingerprint density at radius 1 is 1.32 bits per heavy atom.